The van der Waals surface area contributed by atoms with Gasteiger partial charge in [0.1, 0.15) is 17.9 Å². The van der Waals surface area contributed by atoms with Gasteiger partial charge in [0, 0.05) is 16.7 Å². The average molecular weight is 447 g/mol. The Morgan fingerprint density at radius 3 is 2.66 bits per heavy atom. The zero-order valence-electron chi connectivity index (χ0n) is 19.3. The largest absolute Gasteiger partial charge is 0.393 e. The van der Waals surface area contributed by atoms with E-state index in [0.717, 1.165) is 5.57 Å². The maximum absolute atomic E-state index is 16.9. The third-order valence-corrected chi connectivity index (χ3v) is 10.2. The van der Waals surface area contributed by atoms with Crippen molar-refractivity contribution in [3.8, 4) is 0 Å². The zero-order chi connectivity index (χ0) is 23.1. The average Bonchev–Trinajstić information content (AvgIpc) is 3.42. The van der Waals surface area contributed by atoms with Gasteiger partial charge in [-0.05, 0) is 82.8 Å². The fraction of sp³-hybridized carbons (Fsp3) is 0.769. The van der Waals surface area contributed by atoms with E-state index in [9.17, 15) is 19.8 Å². The topological polar surface area (TPSA) is 83.8 Å². The first-order chi connectivity index (χ1) is 15.0. The van der Waals surface area contributed by atoms with Crippen LogP contribution in [0.5, 0.6) is 0 Å². The number of allylic oxidation sites excluding steroid dienone is 4. The predicted octanol–water partition coefficient (Wildman–Crippen LogP) is 3.47. The number of aliphatic hydroxyl groups is 2. The summed E-state index contributed by atoms with van der Waals surface area (Å²) in [6, 6.07) is 0. The summed E-state index contributed by atoms with van der Waals surface area (Å²) >= 11 is 0. The van der Waals surface area contributed by atoms with Crippen LogP contribution in [0.1, 0.15) is 65.7 Å². The Bertz CT molecular complexity index is 912. The van der Waals surface area contributed by atoms with Gasteiger partial charge in [0.2, 0.25) is 0 Å². The lowest BCUT2D eigenvalue weighted by atomic mass is 9.45. The van der Waals surface area contributed by atoms with Crippen molar-refractivity contribution in [1.29, 1.82) is 0 Å². The molecule has 176 valence electrons. The van der Waals surface area contributed by atoms with Gasteiger partial charge in [-0.2, -0.15) is 0 Å². The van der Waals surface area contributed by atoms with Crippen LogP contribution in [-0.4, -0.2) is 51.9 Å². The molecule has 0 saturated heterocycles. The Hall–Kier alpha value is -1.37. The molecule has 2 N–H and O–H groups in total. The van der Waals surface area contributed by atoms with Crippen molar-refractivity contribution in [3.05, 3.63) is 23.8 Å². The molecule has 5 aliphatic rings. The minimum absolute atomic E-state index is 0.0619. The van der Waals surface area contributed by atoms with Crippen molar-refractivity contribution in [2.75, 3.05) is 6.61 Å². The van der Waals surface area contributed by atoms with E-state index < -0.39 is 22.1 Å². The molecule has 0 heterocycles. The fourth-order valence-corrected chi connectivity index (χ4v) is 7.72. The highest BCUT2D eigenvalue weighted by Gasteiger charge is 2.71. The van der Waals surface area contributed by atoms with E-state index in [-0.39, 0.29) is 54.6 Å². The monoisotopic (exact) mass is 446 g/mol. The molecule has 0 bridgehead atoms. The lowest BCUT2D eigenvalue weighted by molar-refractivity contribution is -0.180. The maximum Gasteiger partial charge on any atom is 0.190 e. The first-order valence-corrected chi connectivity index (χ1v) is 12.1. The summed E-state index contributed by atoms with van der Waals surface area (Å²) < 4.78 is 22.6. The van der Waals surface area contributed by atoms with Crippen LogP contribution < -0.4 is 0 Å². The van der Waals surface area contributed by atoms with Crippen LogP contribution >= 0.6 is 0 Å². The summed E-state index contributed by atoms with van der Waals surface area (Å²) in [6.45, 7) is 5.55. The minimum atomic E-state index is -1.52. The molecule has 4 saturated carbocycles. The quantitative estimate of drug-likeness (QED) is 0.676. The first-order valence-electron chi connectivity index (χ1n) is 12.1. The summed E-state index contributed by atoms with van der Waals surface area (Å²) in [5, 5.41) is 21.3. The molecule has 0 amide bonds. The number of rotatable bonds is 5. The number of ketones is 2. The lowest BCUT2D eigenvalue weighted by Gasteiger charge is -2.60. The van der Waals surface area contributed by atoms with Gasteiger partial charge in [0.05, 0.1) is 12.2 Å². The SMILES string of the molecule is CC(OCC(=O)[C@@]1(O)CC[C@H]2[C@@H]3CCC4=CC(=O)C=C[C@]4(C)[C@@]3(F)CC[C@@]21C)C1CC1O. The molecule has 5 rings (SSSR count). The molecule has 3 unspecified atom stereocenters. The van der Waals surface area contributed by atoms with Crippen molar-refractivity contribution in [1.82, 2.24) is 0 Å². The number of Topliss-reactive ketones (excluding diaryl/α,β-unsaturated/α-hetero) is 1. The smallest absolute Gasteiger partial charge is 0.190 e. The molecule has 0 aromatic carbocycles. The first kappa shape index (κ1) is 22.4. The van der Waals surface area contributed by atoms with Gasteiger partial charge < -0.3 is 14.9 Å². The Labute approximate surface area is 189 Å². The highest BCUT2D eigenvalue weighted by molar-refractivity contribution is 6.01. The van der Waals surface area contributed by atoms with Gasteiger partial charge in [-0.15, -0.1) is 0 Å². The Morgan fingerprint density at radius 2 is 1.97 bits per heavy atom. The lowest BCUT2D eigenvalue weighted by Crippen LogP contribution is -2.63. The summed E-state index contributed by atoms with van der Waals surface area (Å²) in [5.74, 6) is -0.686. The van der Waals surface area contributed by atoms with Gasteiger partial charge in [-0.25, -0.2) is 4.39 Å². The molecule has 32 heavy (non-hydrogen) atoms. The summed E-state index contributed by atoms with van der Waals surface area (Å²) in [4.78, 5) is 25.1. The van der Waals surface area contributed by atoms with E-state index in [0.29, 0.717) is 38.5 Å². The van der Waals surface area contributed by atoms with Crippen LogP contribution in [0.3, 0.4) is 0 Å². The van der Waals surface area contributed by atoms with Gasteiger partial charge in [0.25, 0.3) is 0 Å². The molecular formula is C26H35FO5. The van der Waals surface area contributed by atoms with Crippen LogP contribution in [0, 0.1) is 28.6 Å². The highest BCUT2D eigenvalue weighted by atomic mass is 19.1. The Morgan fingerprint density at radius 1 is 1.25 bits per heavy atom. The maximum atomic E-state index is 16.9. The molecule has 5 aliphatic carbocycles. The van der Waals surface area contributed by atoms with Crippen molar-refractivity contribution in [2.45, 2.75) is 89.2 Å². The van der Waals surface area contributed by atoms with Crippen LogP contribution in [-0.2, 0) is 14.3 Å². The zero-order valence-corrected chi connectivity index (χ0v) is 19.3. The summed E-state index contributed by atoms with van der Waals surface area (Å²) in [6.07, 6.45) is 7.90. The Kier molecular flexibility index (Phi) is 4.95. The number of ether oxygens (including phenoxy) is 1. The number of fused-ring (bicyclic) bond motifs is 5. The number of alkyl halides is 1. The normalized spacial score (nSPS) is 50.2. The molecule has 4 fully saturated rings. The van der Waals surface area contributed by atoms with Crippen LogP contribution in [0.25, 0.3) is 0 Å². The predicted molar refractivity (Wildman–Crippen MR) is 116 cm³/mol. The third kappa shape index (κ3) is 2.85. The molecule has 0 aromatic rings. The van der Waals surface area contributed by atoms with E-state index in [1.54, 1.807) is 12.2 Å². The fourth-order valence-electron chi connectivity index (χ4n) is 7.72. The highest BCUT2D eigenvalue weighted by Crippen LogP contribution is 2.69. The molecule has 5 nitrogen and oxygen atoms in total. The molecule has 0 radical (unpaired) electrons. The van der Waals surface area contributed by atoms with E-state index in [1.807, 2.05) is 20.8 Å². The molecule has 0 aromatic heterocycles. The van der Waals surface area contributed by atoms with Crippen LogP contribution in [0.4, 0.5) is 4.39 Å². The van der Waals surface area contributed by atoms with Crippen molar-refractivity contribution >= 4 is 11.6 Å². The molecule has 0 spiro atoms. The number of hydrogen-bond donors (Lipinski definition) is 2. The van der Waals surface area contributed by atoms with Crippen LogP contribution in [0.2, 0.25) is 0 Å². The number of halogens is 1. The van der Waals surface area contributed by atoms with Crippen molar-refractivity contribution < 1.29 is 28.9 Å². The van der Waals surface area contributed by atoms with E-state index >= 15 is 4.39 Å². The molecule has 9 atom stereocenters. The standard InChI is InChI=1S/C26H35FO5/c1-15(18-13-21(18)29)32-14-22(30)26(31)9-7-19-20-5-4-16-12-17(28)6-8-23(16,2)25(20,27)11-10-24(19,26)3/h6,8,12,15,18-21,29,31H,4-5,7,9-11,13-14H2,1-3H3/t15?,18?,19-,20-,21?,23-,24-,25+,26-/m0/s1. The number of hydrogen-bond acceptors (Lipinski definition) is 5. The summed E-state index contributed by atoms with van der Waals surface area (Å²) in [7, 11) is 0. The van der Waals surface area contributed by atoms with E-state index in [1.165, 1.54) is 6.08 Å². The summed E-state index contributed by atoms with van der Waals surface area (Å²) in [5.41, 5.74) is -3.63. The third-order valence-electron chi connectivity index (χ3n) is 10.2. The Balaban J connectivity index is 1.38. The molecule has 0 aliphatic heterocycles. The molecule has 6 heteroatoms. The number of carbonyl (C=O) groups is 2. The van der Waals surface area contributed by atoms with Crippen molar-refractivity contribution in [3.63, 3.8) is 0 Å². The second-order valence-electron chi connectivity index (χ2n) is 11.4. The van der Waals surface area contributed by atoms with Gasteiger partial charge in [-0.3, -0.25) is 9.59 Å². The number of carbonyl (C=O) groups excluding carboxylic acids is 2. The van der Waals surface area contributed by atoms with E-state index in [2.05, 4.69) is 0 Å². The molecular weight excluding hydrogens is 411 g/mol. The van der Waals surface area contributed by atoms with Gasteiger partial charge >= 0.3 is 0 Å². The number of aliphatic hydroxyl groups excluding tert-OH is 1. The van der Waals surface area contributed by atoms with E-state index in [4.69, 9.17) is 4.74 Å². The van der Waals surface area contributed by atoms with Gasteiger partial charge in [0.15, 0.2) is 11.6 Å². The second-order valence-corrected chi connectivity index (χ2v) is 11.4. The second kappa shape index (κ2) is 7.07. The van der Waals surface area contributed by atoms with Crippen LogP contribution in [0.15, 0.2) is 23.8 Å². The van der Waals surface area contributed by atoms with Gasteiger partial charge in [-0.1, -0.05) is 18.6 Å². The minimum Gasteiger partial charge on any atom is -0.393 e. The van der Waals surface area contributed by atoms with Crippen molar-refractivity contribution in [2.24, 2.45) is 28.6 Å².